The van der Waals surface area contributed by atoms with E-state index < -0.39 is 0 Å². The van der Waals surface area contributed by atoms with Crippen LogP contribution in [0.1, 0.15) is 47.5 Å². The molecule has 0 aromatic carbocycles. The van der Waals surface area contributed by atoms with E-state index in [9.17, 15) is 0 Å². The van der Waals surface area contributed by atoms with Crippen LogP contribution >= 0.6 is 11.8 Å². The highest BCUT2D eigenvalue weighted by Crippen LogP contribution is 2.30. The van der Waals surface area contributed by atoms with Gasteiger partial charge in [-0.05, 0) is 26.7 Å². The van der Waals surface area contributed by atoms with Gasteiger partial charge in [0.25, 0.3) is 0 Å². The molecule has 1 aliphatic rings. The summed E-state index contributed by atoms with van der Waals surface area (Å²) in [7, 11) is 0. The minimum Gasteiger partial charge on any atom is -0.360 e. The lowest BCUT2D eigenvalue weighted by Crippen LogP contribution is -2.38. The van der Waals surface area contributed by atoms with Gasteiger partial charge in [-0.25, -0.2) is 0 Å². The van der Waals surface area contributed by atoms with E-state index >= 15 is 0 Å². The molecule has 0 aliphatic carbocycles. The van der Waals surface area contributed by atoms with Gasteiger partial charge in [0.15, 0.2) is 5.17 Å². The number of hydrogen-bond donors (Lipinski definition) is 1. The van der Waals surface area contributed by atoms with Crippen LogP contribution in [0.2, 0.25) is 0 Å². The van der Waals surface area contributed by atoms with Crippen molar-refractivity contribution in [2.75, 3.05) is 6.54 Å². The zero-order chi connectivity index (χ0) is 11.5. The maximum absolute atomic E-state index is 4.59. The van der Waals surface area contributed by atoms with Crippen molar-refractivity contribution >= 4 is 16.9 Å². The number of nitrogens with zero attached hydrogens (tertiary/aromatic N) is 1. The molecule has 2 nitrogen and oxygen atoms in total. The second-order valence-electron chi connectivity index (χ2n) is 5.25. The standard InChI is InChI=1S/C12H24N2S/c1-6-9(7-2)10-8-13-11(15-10)14-12(3,4)5/h9-10H,6-8H2,1-5H3,(H,13,14). The highest BCUT2D eigenvalue weighted by Gasteiger charge is 2.27. The Hall–Kier alpha value is -0.180. The molecule has 1 aliphatic heterocycles. The quantitative estimate of drug-likeness (QED) is 0.801. The van der Waals surface area contributed by atoms with Gasteiger partial charge >= 0.3 is 0 Å². The van der Waals surface area contributed by atoms with Crippen molar-refractivity contribution in [1.29, 1.82) is 0 Å². The van der Waals surface area contributed by atoms with Crippen molar-refractivity contribution in [3.63, 3.8) is 0 Å². The van der Waals surface area contributed by atoms with Gasteiger partial charge in [-0.15, -0.1) is 0 Å². The Kier molecular flexibility index (Phi) is 4.50. The molecule has 0 spiro atoms. The Morgan fingerprint density at radius 3 is 2.47 bits per heavy atom. The zero-order valence-electron chi connectivity index (χ0n) is 10.6. The Labute approximate surface area is 98.3 Å². The smallest absolute Gasteiger partial charge is 0.157 e. The second kappa shape index (κ2) is 5.24. The molecule has 0 saturated heterocycles. The van der Waals surface area contributed by atoms with Crippen molar-refractivity contribution in [3.8, 4) is 0 Å². The van der Waals surface area contributed by atoms with Gasteiger partial charge in [-0.2, -0.15) is 0 Å². The molecule has 0 bridgehead atoms. The van der Waals surface area contributed by atoms with Crippen molar-refractivity contribution < 1.29 is 0 Å². The first-order valence-corrected chi connectivity index (χ1v) is 6.83. The largest absolute Gasteiger partial charge is 0.360 e. The molecule has 3 heteroatoms. The topological polar surface area (TPSA) is 24.4 Å². The van der Waals surface area contributed by atoms with Crippen LogP contribution in [0.5, 0.6) is 0 Å². The summed E-state index contributed by atoms with van der Waals surface area (Å²) in [5.41, 5.74) is 0.134. The second-order valence-corrected chi connectivity index (χ2v) is 6.48. The van der Waals surface area contributed by atoms with Crippen LogP contribution in [0.4, 0.5) is 0 Å². The lowest BCUT2D eigenvalue weighted by Gasteiger charge is -2.23. The lowest BCUT2D eigenvalue weighted by atomic mass is 9.99. The van der Waals surface area contributed by atoms with Crippen LogP contribution in [0.3, 0.4) is 0 Å². The molecule has 0 amide bonds. The summed E-state index contributed by atoms with van der Waals surface area (Å²) in [5, 5.41) is 5.30. The first-order chi connectivity index (χ1) is 6.96. The molecule has 15 heavy (non-hydrogen) atoms. The Bertz CT molecular complexity index is 226. The van der Waals surface area contributed by atoms with Crippen molar-refractivity contribution in [3.05, 3.63) is 0 Å². The van der Waals surface area contributed by atoms with E-state index in [0.717, 1.165) is 17.6 Å². The molecule has 1 atom stereocenters. The SMILES string of the molecule is CCC(CC)C1CN=C(NC(C)(C)C)S1. The van der Waals surface area contributed by atoms with Crippen molar-refractivity contribution in [2.45, 2.75) is 58.2 Å². The minimum atomic E-state index is 0.134. The monoisotopic (exact) mass is 228 g/mol. The van der Waals surface area contributed by atoms with Crippen LogP contribution < -0.4 is 5.32 Å². The van der Waals surface area contributed by atoms with Crippen LogP contribution in [0.25, 0.3) is 0 Å². The molecular weight excluding hydrogens is 204 g/mol. The van der Waals surface area contributed by atoms with Crippen molar-refractivity contribution in [2.24, 2.45) is 10.9 Å². The van der Waals surface area contributed by atoms with E-state index in [4.69, 9.17) is 0 Å². The van der Waals surface area contributed by atoms with Gasteiger partial charge in [-0.3, -0.25) is 4.99 Å². The molecule has 0 radical (unpaired) electrons. The molecule has 0 aromatic heterocycles. The lowest BCUT2D eigenvalue weighted by molar-refractivity contribution is 0.479. The van der Waals surface area contributed by atoms with Crippen LogP contribution in [0.15, 0.2) is 4.99 Å². The van der Waals surface area contributed by atoms with Gasteiger partial charge in [0.1, 0.15) is 0 Å². The fourth-order valence-electron chi connectivity index (χ4n) is 1.84. The predicted octanol–water partition coefficient (Wildman–Crippen LogP) is 3.28. The molecule has 88 valence electrons. The van der Waals surface area contributed by atoms with Crippen LogP contribution in [-0.2, 0) is 0 Å². The fraction of sp³-hybridized carbons (Fsp3) is 0.917. The number of hydrogen-bond acceptors (Lipinski definition) is 3. The van der Waals surface area contributed by atoms with Gasteiger partial charge in [0, 0.05) is 10.8 Å². The Balaban J connectivity index is 2.43. The van der Waals surface area contributed by atoms with E-state index in [1.165, 1.54) is 12.8 Å². The third-order valence-electron chi connectivity index (χ3n) is 2.73. The van der Waals surface area contributed by atoms with E-state index in [-0.39, 0.29) is 5.54 Å². The molecule has 1 N–H and O–H groups in total. The Morgan fingerprint density at radius 1 is 1.40 bits per heavy atom. The number of amidine groups is 1. The predicted molar refractivity (Wildman–Crippen MR) is 70.6 cm³/mol. The highest BCUT2D eigenvalue weighted by molar-refractivity contribution is 8.14. The average molecular weight is 228 g/mol. The third-order valence-corrected chi connectivity index (χ3v) is 4.03. The first-order valence-electron chi connectivity index (χ1n) is 5.95. The van der Waals surface area contributed by atoms with Crippen molar-refractivity contribution in [1.82, 2.24) is 5.32 Å². The molecule has 1 heterocycles. The van der Waals surface area contributed by atoms with Crippen LogP contribution in [-0.4, -0.2) is 22.5 Å². The molecule has 0 fully saturated rings. The van der Waals surface area contributed by atoms with Gasteiger partial charge in [-0.1, -0.05) is 38.5 Å². The summed E-state index contributed by atoms with van der Waals surface area (Å²) in [5.74, 6) is 0.818. The number of thioether (sulfide) groups is 1. The number of nitrogens with one attached hydrogen (secondary N) is 1. The normalized spacial score (nSPS) is 22.0. The maximum Gasteiger partial charge on any atom is 0.157 e. The first kappa shape index (κ1) is 12.9. The molecular formula is C12H24N2S. The average Bonchev–Trinajstić information content (AvgIpc) is 2.52. The maximum atomic E-state index is 4.59. The zero-order valence-corrected chi connectivity index (χ0v) is 11.4. The summed E-state index contributed by atoms with van der Waals surface area (Å²) < 4.78 is 0. The van der Waals surface area contributed by atoms with Gasteiger partial charge < -0.3 is 5.32 Å². The van der Waals surface area contributed by atoms with E-state index in [1.807, 2.05) is 11.8 Å². The van der Waals surface area contributed by atoms with E-state index in [1.54, 1.807) is 0 Å². The number of aliphatic imine (C=N–C) groups is 1. The third kappa shape index (κ3) is 4.06. The van der Waals surface area contributed by atoms with Gasteiger partial charge in [0.2, 0.25) is 0 Å². The summed E-state index contributed by atoms with van der Waals surface area (Å²) in [6.45, 7) is 12.1. The highest BCUT2D eigenvalue weighted by atomic mass is 32.2. The minimum absolute atomic E-state index is 0.134. The fourth-order valence-corrected chi connectivity index (χ4v) is 3.37. The molecule has 0 aromatic rings. The van der Waals surface area contributed by atoms with E-state index in [0.29, 0.717) is 5.25 Å². The summed E-state index contributed by atoms with van der Waals surface area (Å²) in [4.78, 5) is 4.59. The summed E-state index contributed by atoms with van der Waals surface area (Å²) >= 11 is 1.93. The summed E-state index contributed by atoms with van der Waals surface area (Å²) in [6.07, 6.45) is 2.54. The molecule has 1 rings (SSSR count). The summed E-state index contributed by atoms with van der Waals surface area (Å²) in [6, 6.07) is 0. The Morgan fingerprint density at radius 2 is 2.00 bits per heavy atom. The molecule has 0 saturated carbocycles. The number of rotatable bonds is 3. The van der Waals surface area contributed by atoms with E-state index in [2.05, 4.69) is 44.9 Å². The molecule has 1 unspecified atom stereocenters. The van der Waals surface area contributed by atoms with Gasteiger partial charge in [0.05, 0.1) is 6.54 Å². The van der Waals surface area contributed by atoms with Crippen LogP contribution in [0, 0.1) is 5.92 Å².